The summed E-state index contributed by atoms with van der Waals surface area (Å²) in [4.78, 5) is 27.5. The zero-order valence-corrected chi connectivity index (χ0v) is 13.1. The van der Waals surface area contributed by atoms with Gasteiger partial charge in [-0.25, -0.2) is 0 Å². The van der Waals surface area contributed by atoms with Crippen LogP contribution in [0, 0.1) is 0 Å². The van der Waals surface area contributed by atoms with Crippen molar-refractivity contribution >= 4 is 27.7 Å². The lowest BCUT2D eigenvalue weighted by atomic mass is 10.1. The first-order chi connectivity index (χ1) is 10.1. The van der Waals surface area contributed by atoms with E-state index in [0.717, 1.165) is 10.0 Å². The minimum atomic E-state index is -0.363. The van der Waals surface area contributed by atoms with Crippen molar-refractivity contribution in [3.8, 4) is 0 Å². The van der Waals surface area contributed by atoms with Crippen LogP contribution in [0.2, 0.25) is 0 Å². The van der Waals surface area contributed by atoms with Crippen molar-refractivity contribution in [1.29, 1.82) is 0 Å². The molecule has 0 aliphatic rings. The largest absolute Gasteiger partial charge is 0.345 e. The molecule has 2 aromatic rings. The molecule has 0 aliphatic heterocycles. The molecule has 0 saturated carbocycles. The van der Waals surface area contributed by atoms with E-state index in [1.54, 1.807) is 36.3 Å². The van der Waals surface area contributed by atoms with Crippen molar-refractivity contribution < 1.29 is 9.59 Å². The van der Waals surface area contributed by atoms with Gasteiger partial charge in [0.05, 0.1) is 0 Å². The van der Waals surface area contributed by atoms with Crippen molar-refractivity contribution in [1.82, 2.24) is 20.4 Å². The number of hydrogen-bond acceptors (Lipinski definition) is 3. The molecule has 0 fully saturated rings. The molecule has 2 rings (SSSR count). The van der Waals surface area contributed by atoms with Crippen molar-refractivity contribution in [3.63, 3.8) is 0 Å². The SMILES string of the molecule is Cn1cc(Br)cc1C(=O)NNC(=O)CCc1cccnc1. The van der Waals surface area contributed by atoms with Crippen LogP contribution in [-0.4, -0.2) is 21.4 Å². The van der Waals surface area contributed by atoms with Crippen molar-refractivity contribution in [2.75, 3.05) is 0 Å². The third kappa shape index (κ3) is 4.42. The predicted molar refractivity (Wildman–Crippen MR) is 81.3 cm³/mol. The van der Waals surface area contributed by atoms with E-state index in [4.69, 9.17) is 0 Å². The van der Waals surface area contributed by atoms with Gasteiger partial charge in [-0.05, 0) is 40.0 Å². The molecule has 0 radical (unpaired) electrons. The molecule has 0 saturated heterocycles. The fourth-order valence-electron chi connectivity index (χ4n) is 1.81. The van der Waals surface area contributed by atoms with E-state index in [2.05, 4.69) is 31.8 Å². The number of rotatable bonds is 4. The van der Waals surface area contributed by atoms with Gasteiger partial charge in [0, 0.05) is 36.5 Å². The van der Waals surface area contributed by atoms with E-state index in [-0.39, 0.29) is 18.2 Å². The summed E-state index contributed by atoms with van der Waals surface area (Å²) in [6.07, 6.45) is 6.02. The molecule has 2 N–H and O–H groups in total. The minimum Gasteiger partial charge on any atom is -0.345 e. The average Bonchev–Trinajstić information content (AvgIpc) is 2.82. The molecule has 0 aliphatic carbocycles. The van der Waals surface area contributed by atoms with Crippen LogP contribution in [0.3, 0.4) is 0 Å². The van der Waals surface area contributed by atoms with E-state index in [0.29, 0.717) is 12.1 Å². The Labute approximate surface area is 130 Å². The van der Waals surface area contributed by atoms with Gasteiger partial charge in [0.15, 0.2) is 0 Å². The van der Waals surface area contributed by atoms with E-state index >= 15 is 0 Å². The highest BCUT2D eigenvalue weighted by Crippen LogP contribution is 2.13. The average molecular weight is 351 g/mol. The number of pyridine rings is 1. The van der Waals surface area contributed by atoms with Gasteiger partial charge in [0.1, 0.15) is 5.69 Å². The molecular weight excluding hydrogens is 336 g/mol. The monoisotopic (exact) mass is 350 g/mol. The second-order valence-corrected chi connectivity index (χ2v) is 5.43. The van der Waals surface area contributed by atoms with Gasteiger partial charge in [-0.15, -0.1) is 0 Å². The summed E-state index contributed by atoms with van der Waals surface area (Å²) in [7, 11) is 1.75. The molecule has 0 unspecified atom stereocenters. The Balaban J connectivity index is 1.79. The number of carbonyl (C=O) groups excluding carboxylic acids is 2. The lowest BCUT2D eigenvalue weighted by Crippen LogP contribution is -2.42. The van der Waals surface area contributed by atoms with Crippen molar-refractivity contribution in [2.45, 2.75) is 12.8 Å². The van der Waals surface area contributed by atoms with Gasteiger partial charge in [-0.3, -0.25) is 25.4 Å². The van der Waals surface area contributed by atoms with Gasteiger partial charge in [-0.2, -0.15) is 0 Å². The summed E-state index contributed by atoms with van der Waals surface area (Å²) < 4.78 is 2.47. The van der Waals surface area contributed by atoms with E-state index < -0.39 is 0 Å². The van der Waals surface area contributed by atoms with Gasteiger partial charge in [0.25, 0.3) is 5.91 Å². The zero-order chi connectivity index (χ0) is 15.2. The van der Waals surface area contributed by atoms with Gasteiger partial charge >= 0.3 is 0 Å². The maximum atomic E-state index is 11.9. The number of aryl methyl sites for hydroxylation is 2. The number of aromatic nitrogens is 2. The first-order valence-electron chi connectivity index (χ1n) is 6.36. The van der Waals surface area contributed by atoms with Gasteiger partial charge in [-0.1, -0.05) is 6.07 Å². The van der Waals surface area contributed by atoms with Crippen molar-refractivity contribution in [3.05, 3.63) is 52.5 Å². The number of halogens is 1. The first-order valence-corrected chi connectivity index (χ1v) is 7.15. The fraction of sp³-hybridized carbons (Fsp3) is 0.214. The molecule has 0 bridgehead atoms. The molecule has 2 aromatic heterocycles. The Bertz CT molecular complexity index is 640. The van der Waals surface area contributed by atoms with E-state index in [1.807, 2.05) is 12.1 Å². The molecule has 7 heteroatoms. The van der Waals surface area contributed by atoms with Crippen LogP contribution in [0.4, 0.5) is 0 Å². The van der Waals surface area contributed by atoms with Crippen LogP contribution >= 0.6 is 15.9 Å². The highest BCUT2D eigenvalue weighted by molar-refractivity contribution is 9.10. The number of amides is 2. The van der Waals surface area contributed by atoms with Crippen LogP contribution in [0.1, 0.15) is 22.5 Å². The summed E-state index contributed by atoms with van der Waals surface area (Å²) in [6.45, 7) is 0. The van der Waals surface area contributed by atoms with Crippen LogP contribution in [0.25, 0.3) is 0 Å². The summed E-state index contributed by atoms with van der Waals surface area (Å²) in [5.74, 6) is -0.613. The summed E-state index contributed by atoms with van der Waals surface area (Å²) >= 11 is 3.29. The second-order valence-electron chi connectivity index (χ2n) is 4.52. The Hall–Kier alpha value is -2.15. The maximum Gasteiger partial charge on any atom is 0.286 e. The molecule has 0 aromatic carbocycles. The first kappa shape index (κ1) is 15.2. The molecule has 2 heterocycles. The number of nitrogens with zero attached hydrogens (tertiary/aromatic N) is 2. The highest BCUT2D eigenvalue weighted by Gasteiger charge is 2.11. The van der Waals surface area contributed by atoms with Crippen LogP contribution in [-0.2, 0) is 18.3 Å². The topological polar surface area (TPSA) is 76.0 Å². The van der Waals surface area contributed by atoms with Crippen LogP contribution in [0.5, 0.6) is 0 Å². The van der Waals surface area contributed by atoms with Crippen LogP contribution < -0.4 is 10.9 Å². The highest BCUT2D eigenvalue weighted by atomic mass is 79.9. The molecule has 0 atom stereocenters. The zero-order valence-electron chi connectivity index (χ0n) is 11.5. The smallest absolute Gasteiger partial charge is 0.286 e. The van der Waals surface area contributed by atoms with Crippen LogP contribution in [0.15, 0.2) is 41.3 Å². The Morgan fingerprint density at radius 3 is 2.81 bits per heavy atom. The quantitative estimate of drug-likeness (QED) is 0.822. The summed E-state index contributed by atoms with van der Waals surface area (Å²) in [6, 6.07) is 5.40. The molecule has 110 valence electrons. The van der Waals surface area contributed by atoms with Gasteiger partial charge < -0.3 is 4.57 Å². The molecule has 0 spiro atoms. The van der Waals surface area contributed by atoms with Gasteiger partial charge in [0.2, 0.25) is 5.91 Å². The third-order valence-corrected chi connectivity index (χ3v) is 3.32. The fourth-order valence-corrected chi connectivity index (χ4v) is 2.33. The molecule has 21 heavy (non-hydrogen) atoms. The number of carbonyl (C=O) groups is 2. The normalized spacial score (nSPS) is 10.2. The minimum absolute atomic E-state index is 0.250. The standard InChI is InChI=1S/C14H15BrN4O2/c1-19-9-11(15)7-12(19)14(21)18-17-13(20)5-4-10-3-2-6-16-8-10/h2-3,6-9H,4-5H2,1H3,(H,17,20)(H,18,21). The Morgan fingerprint density at radius 1 is 1.38 bits per heavy atom. The number of nitrogens with one attached hydrogen (secondary N) is 2. The predicted octanol–water partition coefficient (Wildman–Crippen LogP) is 1.58. The molecular formula is C14H15BrN4O2. The molecule has 6 nitrogen and oxygen atoms in total. The molecule has 2 amide bonds. The lowest BCUT2D eigenvalue weighted by molar-refractivity contribution is -0.121. The number of hydrazine groups is 1. The second kappa shape index (κ2) is 7.03. The third-order valence-electron chi connectivity index (χ3n) is 2.88. The summed E-state index contributed by atoms with van der Waals surface area (Å²) in [5, 5.41) is 0. The lowest BCUT2D eigenvalue weighted by Gasteiger charge is -2.07. The van der Waals surface area contributed by atoms with Crippen molar-refractivity contribution in [2.24, 2.45) is 7.05 Å². The maximum absolute atomic E-state index is 11.9. The number of hydrogen-bond donors (Lipinski definition) is 2. The van der Waals surface area contributed by atoms with E-state index in [9.17, 15) is 9.59 Å². The summed E-state index contributed by atoms with van der Waals surface area (Å²) in [5.41, 5.74) is 6.22. The van der Waals surface area contributed by atoms with E-state index in [1.165, 1.54) is 0 Å². The Morgan fingerprint density at radius 2 is 2.19 bits per heavy atom. The Kier molecular flexibility index (Phi) is 5.10.